The number of anilines is 1. The summed E-state index contributed by atoms with van der Waals surface area (Å²) in [6.45, 7) is 2.55. The summed E-state index contributed by atoms with van der Waals surface area (Å²) in [5.41, 5.74) is 1.08. The van der Waals surface area contributed by atoms with E-state index in [0.29, 0.717) is 6.61 Å². The molecule has 1 atom stereocenters. The standard InChI is InChI=1S/C11H17NO2/c1-9(13-3)8-14-11-6-4-10(12-2)5-7-11/h4-7,9,12H,8H2,1-3H3. The lowest BCUT2D eigenvalue weighted by atomic mass is 10.3. The molecule has 3 nitrogen and oxygen atoms in total. The Morgan fingerprint density at radius 2 is 1.93 bits per heavy atom. The predicted octanol–water partition coefficient (Wildman–Crippen LogP) is 2.14. The van der Waals surface area contributed by atoms with Gasteiger partial charge in [0.05, 0.1) is 6.10 Å². The second-order valence-electron chi connectivity index (χ2n) is 3.13. The average molecular weight is 195 g/mol. The predicted molar refractivity (Wildman–Crippen MR) is 58.0 cm³/mol. The third kappa shape index (κ3) is 3.26. The maximum atomic E-state index is 5.51. The smallest absolute Gasteiger partial charge is 0.119 e. The van der Waals surface area contributed by atoms with Crippen LogP contribution in [0.15, 0.2) is 24.3 Å². The molecule has 0 bridgehead atoms. The van der Waals surface area contributed by atoms with Crippen molar-refractivity contribution in [1.29, 1.82) is 0 Å². The third-order valence-electron chi connectivity index (χ3n) is 2.03. The normalized spacial score (nSPS) is 12.2. The fourth-order valence-electron chi connectivity index (χ4n) is 0.999. The Morgan fingerprint density at radius 1 is 1.29 bits per heavy atom. The molecule has 14 heavy (non-hydrogen) atoms. The van der Waals surface area contributed by atoms with Crippen LogP contribution in [0.25, 0.3) is 0 Å². The van der Waals surface area contributed by atoms with E-state index in [1.54, 1.807) is 7.11 Å². The molecule has 0 fully saturated rings. The SMILES string of the molecule is CNc1ccc(OCC(C)OC)cc1. The van der Waals surface area contributed by atoms with Gasteiger partial charge in [0, 0.05) is 19.8 Å². The Morgan fingerprint density at radius 3 is 2.43 bits per heavy atom. The Hall–Kier alpha value is -1.22. The third-order valence-corrected chi connectivity index (χ3v) is 2.03. The minimum Gasteiger partial charge on any atom is -0.491 e. The molecular weight excluding hydrogens is 178 g/mol. The Kier molecular flexibility index (Phi) is 4.26. The fraction of sp³-hybridized carbons (Fsp3) is 0.455. The molecular formula is C11H17NO2. The van der Waals surface area contributed by atoms with Gasteiger partial charge in [0.2, 0.25) is 0 Å². The molecule has 0 amide bonds. The van der Waals surface area contributed by atoms with Gasteiger partial charge in [0.25, 0.3) is 0 Å². The lowest BCUT2D eigenvalue weighted by molar-refractivity contribution is 0.0717. The van der Waals surface area contributed by atoms with E-state index in [9.17, 15) is 0 Å². The molecule has 1 N–H and O–H groups in total. The van der Waals surface area contributed by atoms with E-state index in [1.165, 1.54) is 0 Å². The van der Waals surface area contributed by atoms with Crippen molar-refractivity contribution in [2.24, 2.45) is 0 Å². The van der Waals surface area contributed by atoms with Gasteiger partial charge >= 0.3 is 0 Å². The van der Waals surface area contributed by atoms with Crippen molar-refractivity contribution in [2.45, 2.75) is 13.0 Å². The first-order chi connectivity index (χ1) is 6.76. The first kappa shape index (κ1) is 10.9. The molecule has 0 heterocycles. The minimum atomic E-state index is 0.124. The van der Waals surface area contributed by atoms with E-state index in [4.69, 9.17) is 9.47 Å². The van der Waals surface area contributed by atoms with Crippen molar-refractivity contribution in [2.75, 3.05) is 26.1 Å². The molecule has 1 rings (SSSR count). The van der Waals surface area contributed by atoms with Gasteiger partial charge < -0.3 is 14.8 Å². The van der Waals surface area contributed by atoms with Crippen LogP contribution in [0, 0.1) is 0 Å². The molecule has 1 aromatic rings. The minimum absolute atomic E-state index is 0.124. The highest BCUT2D eigenvalue weighted by Crippen LogP contribution is 2.15. The maximum absolute atomic E-state index is 5.51. The highest BCUT2D eigenvalue weighted by Gasteiger charge is 2.00. The first-order valence-corrected chi connectivity index (χ1v) is 4.69. The van der Waals surface area contributed by atoms with Gasteiger partial charge in [0.15, 0.2) is 0 Å². The van der Waals surface area contributed by atoms with E-state index in [-0.39, 0.29) is 6.10 Å². The molecule has 78 valence electrons. The summed E-state index contributed by atoms with van der Waals surface area (Å²) in [6.07, 6.45) is 0.124. The summed E-state index contributed by atoms with van der Waals surface area (Å²) in [6, 6.07) is 7.84. The number of benzene rings is 1. The number of methoxy groups -OCH3 is 1. The molecule has 0 spiro atoms. The number of nitrogens with one attached hydrogen (secondary N) is 1. The molecule has 0 saturated heterocycles. The van der Waals surface area contributed by atoms with Crippen molar-refractivity contribution in [3.8, 4) is 5.75 Å². The summed E-state index contributed by atoms with van der Waals surface area (Å²) in [5.74, 6) is 0.868. The van der Waals surface area contributed by atoms with Crippen LogP contribution in [0.3, 0.4) is 0 Å². The van der Waals surface area contributed by atoms with Crippen molar-refractivity contribution >= 4 is 5.69 Å². The molecule has 0 aromatic heterocycles. The highest BCUT2D eigenvalue weighted by atomic mass is 16.5. The van der Waals surface area contributed by atoms with Crippen molar-refractivity contribution in [3.63, 3.8) is 0 Å². The van der Waals surface area contributed by atoms with E-state index >= 15 is 0 Å². The zero-order valence-corrected chi connectivity index (χ0v) is 8.91. The van der Waals surface area contributed by atoms with Gasteiger partial charge in [0.1, 0.15) is 12.4 Å². The zero-order chi connectivity index (χ0) is 10.4. The zero-order valence-electron chi connectivity index (χ0n) is 8.91. The molecule has 0 aliphatic carbocycles. The molecule has 0 aliphatic rings. The van der Waals surface area contributed by atoms with Gasteiger partial charge in [-0.15, -0.1) is 0 Å². The number of hydrogen-bond acceptors (Lipinski definition) is 3. The summed E-state index contributed by atoms with van der Waals surface area (Å²) in [4.78, 5) is 0. The van der Waals surface area contributed by atoms with Crippen molar-refractivity contribution in [1.82, 2.24) is 0 Å². The van der Waals surface area contributed by atoms with Crippen LogP contribution in [0.2, 0.25) is 0 Å². The molecule has 1 aromatic carbocycles. The lowest BCUT2D eigenvalue weighted by Gasteiger charge is -2.11. The van der Waals surface area contributed by atoms with E-state index in [2.05, 4.69) is 5.32 Å². The second kappa shape index (κ2) is 5.50. The van der Waals surface area contributed by atoms with Crippen molar-refractivity contribution < 1.29 is 9.47 Å². The van der Waals surface area contributed by atoms with Crippen LogP contribution in [-0.4, -0.2) is 26.9 Å². The maximum Gasteiger partial charge on any atom is 0.119 e. The molecule has 1 unspecified atom stereocenters. The van der Waals surface area contributed by atoms with Gasteiger partial charge in [-0.25, -0.2) is 0 Å². The molecule has 0 saturated carbocycles. The fourth-order valence-corrected chi connectivity index (χ4v) is 0.999. The lowest BCUT2D eigenvalue weighted by Crippen LogP contribution is -2.15. The Labute approximate surface area is 85.0 Å². The van der Waals surface area contributed by atoms with Crippen LogP contribution in [0.4, 0.5) is 5.69 Å². The largest absolute Gasteiger partial charge is 0.491 e. The summed E-state index contributed by atoms with van der Waals surface area (Å²) < 4.78 is 10.6. The van der Waals surface area contributed by atoms with Gasteiger partial charge in [-0.1, -0.05) is 0 Å². The number of ether oxygens (including phenoxy) is 2. The number of rotatable bonds is 5. The topological polar surface area (TPSA) is 30.5 Å². The van der Waals surface area contributed by atoms with Crippen LogP contribution in [-0.2, 0) is 4.74 Å². The molecule has 0 radical (unpaired) electrons. The van der Waals surface area contributed by atoms with E-state index in [1.807, 2.05) is 38.2 Å². The second-order valence-corrected chi connectivity index (χ2v) is 3.13. The van der Waals surface area contributed by atoms with E-state index < -0.39 is 0 Å². The number of hydrogen-bond donors (Lipinski definition) is 1. The Balaban J connectivity index is 2.43. The first-order valence-electron chi connectivity index (χ1n) is 4.69. The van der Waals surface area contributed by atoms with Gasteiger partial charge in [-0.2, -0.15) is 0 Å². The monoisotopic (exact) mass is 195 g/mol. The van der Waals surface area contributed by atoms with Crippen LogP contribution in [0.1, 0.15) is 6.92 Å². The van der Waals surface area contributed by atoms with E-state index in [0.717, 1.165) is 11.4 Å². The average Bonchev–Trinajstić information content (AvgIpc) is 2.26. The molecule has 0 aliphatic heterocycles. The summed E-state index contributed by atoms with van der Waals surface area (Å²) in [5, 5.41) is 3.05. The quantitative estimate of drug-likeness (QED) is 0.780. The van der Waals surface area contributed by atoms with Gasteiger partial charge in [-0.05, 0) is 31.2 Å². The van der Waals surface area contributed by atoms with Crippen molar-refractivity contribution in [3.05, 3.63) is 24.3 Å². The molecule has 3 heteroatoms. The van der Waals surface area contributed by atoms with Crippen LogP contribution in [0.5, 0.6) is 5.75 Å². The van der Waals surface area contributed by atoms with Crippen LogP contribution >= 0.6 is 0 Å². The Bertz CT molecular complexity index is 258. The van der Waals surface area contributed by atoms with Gasteiger partial charge in [-0.3, -0.25) is 0 Å². The summed E-state index contributed by atoms with van der Waals surface area (Å²) >= 11 is 0. The van der Waals surface area contributed by atoms with Crippen LogP contribution < -0.4 is 10.1 Å². The highest BCUT2D eigenvalue weighted by molar-refractivity contribution is 5.45. The summed E-state index contributed by atoms with van der Waals surface area (Å²) in [7, 11) is 3.57.